The van der Waals surface area contributed by atoms with Crippen molar-refractivity contribution in [2.45, 2.75) is 5.92 Å². The third kappa shape index (κ3) is 4.03. The Balaban J connectivity index is 1.37. The average molecular weight is 405 g/mol. The summed E-state index contributed by atoms with van der Waals surface area (Å²) in [4.78, 5) is 26.2. The molecule has 1 aliphatic rings. The van der Waals surface area contributed by atoms with E-state index in [1.54, 1.807) is 0 Å². The van der Waals surface area contributed by atoms with Gasteiger partial charge in [0.15, 0.2) is 0 Å². The van der Waals surface area contributed by atoms with Gasteiger partial charge in [0, 0.05) is 12.1 Å². The number of carbonyl (C=O) groups excluding carboxylic acids is 1. The molecule has 2 N–H and O–H groups in total. The average Bonchev–Trinajstić information content (AvgIpc) is 3.06. The number of fused-ring (bicyclic) bond motifs is 3. The van der Waals surface area contributed by atoms with Gasteiger partial charge in [-0.25, -0.2) is 4.79 Å². The van der Waals surface area contributed by atoms with Crippen LogP contribution in [0.25, 0.3) is 11.1 Å². The van der Waals surface area contributed by atoms with Gasteiger partial charge in [-0.05, 0) is 28.3 Å². The molecule has 0 radical (unpaired) electrons. The first-order chi connectivity index (χ1) is 14.1. The van der Waals surface area contributed by atoms with Gasteiger partial charge in [0.25, 0.3) is 5.56 Å². The van der Waals surface area contributed by atoms with Crippen molar-refractivity contribution in [2.75, 3.05) is 13.2 Å². The standard InChI is InChI=1S/C23H17ClN2O3/c24-16-12-15(22(27)26-13-16)6-5-11-25-23(28)29-14-21-19-9-3-1-7-17(19)18-8-2-4-10-20(18)21/h1-4,7-10,12-13,21H,11,14H2,(H,25,28)(H,26,27). The second kappa shape index (κ2) is 8.26. The maximum absolute atomic E-state index is 12.1. The highest BCUT2D eigenvalue weighted by Gasteiger charge is 2.28. The number of aromatic nitrogens is 1. The van der Waals surface area contributed by atoms with Crippen molar-refractivity contribution in [3.63, 3.8) is 0 Å². The Hall–Kier alpha value is -3.49. The molecule has 144 valence electrons. The van der Waals surface area contributed by atoms with Gasteiger partial charge in [0.2, 0.25) is 0 Å². The fourth-order valence-corrected chi connectivity index (χ4v) is 3.62. The summed E-state index contributed by atoms with van der Waals surface area (Å²) in [6, 6.07) is 17.8. The molecule has 0 spiro atoms. The smallest absolute Gasteiger partial charge is 0.407 e. The predicted octanol–water partition coefficient (Wildman–Crippen LogP) is 3.92. The number of amides is 1. The highest BCUT2D eigenvalue weighted by Crippen LogP contribution is 2.44. The van der Waals surface area contributed by atoms with Crippen LogP contribution < -0.4 is 10.9 Å². The zero-order valence-electron chi connectivity index (χ0n) is 15.4. The quantitative estimate of drug-likeness (QED) is 0.650. The van der Waals surface area contributed by atoms with Crippen molar-refractivity contribution in [1.82, 2.24) is 10.3 Å². The molecule has 0 unspecified atom stereocenters. The minimum absolute atomic E-state index is 0.00394. The Morgan fingerprint density at radius 2 is 1.76 bits per heavy atom. The highest BCUT2D eigenvalue weighted by atomic mass is 35.5. The number of nitrogens with one attached hydrogen (secondary N) is 2. The van der Waals surface area contributed by atoms with Crippen molar-refractivity contribution >= 4 is 17.7 Å². The normalized spacial score (nSPS) is 11.8. The molecule has 29 heavy (non-hydrogen) atoms. The number of carbonyl (C=O) groups is 1. The van der Waals surface area contributed by atoms with Crippen LogP contribution in [0.2, 0.25) is 5.02 Å². The molecule has 1 aromatic heterocycles. The van der Waals surface area contributed by atoms with Gasteiger partial charge in [-0.3, -0.25) is 4.79 Å². The maximum atomic E-state index is 12.1. The number of alkyl carbamates (subject to hydrolysis) is 1. The molecule has 0 aliphatic heterocycles. The molecule has 0 bridgehead atoms. The molecule has 0 saturated heterocycles. The first kappa shape index (κ1) is 18.9. The fraction of sp³-hybridized carbons (Fsp3) is 0.130. The predicted molar refractivity (Wildman–Crippen MR) is 112 cm³/mol. The molecular weight excluding hydrogens is 388 g/mol. The lowest BCUT2D eigenvalue weighted by molar-refractivity contribution is 0.144. The van der Waals surface area contributed by atoms with Gasteiger partial charge < -0.3 is 15.0 Å². The molecule has 0 atom stereocenters. The van der Waals surface area contributed by atoms with E-state index < -0.39 is 6.09 Å². The lowest BCUT2D eigenvalue weighted by atomic mass is 9.98. The van der Waals surface area contributed by atoms with Gasteiger partial charge in [-0.15, -0.1) is 0 Å². The maximum Gasteiger partial charge on any atom is 0.407 e. The van der Waals surface area contributed by atoms with Crippen LogP contribution in [-0.2, 0) is 4.74 Å². The minimum Gasteiger partial charge on any atom is -0.449 e. The number of H-pyrrole nitrogens is 1. The topological polar surface area (TPSA) is 71.2 Å². The van der Waals surface area contributed by atoms with Crippen molar-refractivity contribution in [3.05, 3.63) is 92.9 Å². The molecule has 1 heterocycles. The summed E-state index contributed by atoms with van der Waals surface area (Å²) in [6.45, 7) is 0.296. The Morgan fingerprint density at radius 3 is 2.45 bits per heavy atom. The number of ether oxygens (including phenoxy) is 1. The molecule has 5 nitrogen and oxygen atoms in total. The molecule has 0 saturated carbocycles. The first-order valence-corrected chi connectivity index (χ1v) is 9.47. The molecule has 6 heteroatoms. The number of pyridine rings is 1. The largest absolute Gasteiger partial charge is 0.449 e. The summed E-state index contributed by atoms with van der Waals surface area (Å²) in [5.41, 5.74) is 4.57. The minimum atomic E-state index is -0.554. The van der Waals surface area contributed by atoms with Crippen LogP contribution in [0.4, 0.5) is 4.79 Å². The first-order valence-electron chi connectivity index (χ1n) is 9.09. The zero-order chi connectivity index (χ0) is 20.2. The third-order valence-corrected chi connectivity index (χ3v) is 4.97. The monoisotopic (exact) mass is 404 g/mol. The number of benzene rings is 2. The van der Waals surface area contributed by atoms with Crippen LogP contribution in [0.1, 0.15) is 22.6 Å². The molecule has 1 aliphatic carbocycles. The van der Waals surface area contributed by atoms with E-state index >= 15 is 0 Å². The van der Waals surface area contributed by atoms with Crippen LogP contribution in [0.5, 0.6) is 0 Å². The number of halogens is 1. The lowest BCUT2D eigenvalue weighted by Crippen LogP contribution is -2.26. The summed E-state index contributed by atoms with van der Waals surface area (Å²) in [5, 5.41) is 2.97. The zero-order valence-corrected chi connectivity index (χ0v) is 16.1. The fourth-order valence-electron chi connectivity index (χ4n) is 3.46. The van der Waals surface area contributed by atoms with E-state index in [4.69, 9.17) is 16.3 Å². The number of rotatable bonds is 3. The molecule has 1 amide bonds. The van der Waals surface area contributed by atoms with E-state index in [0.717, 1.165) is 11.1 Å². The number of hydrogen-bond acceptors (Lipinski definition) is 3. The summed E-state index contributed by atoms with van der Waals surface area (Å²) >= 11 is 5.83. The van der Waals surface area contributed by atoms with E-state index in [2.05, 4.69) is 46.4 Å². The van der Waals surface area contributed by atoms with Gasteiger partial charge in [-0.2, -0.15) is 0 Å². The summed E-state index contributed by atoms with van der Waals surface area (Å²) in [6.07, 6.45) is 0.838. The van der Waals surface area contributed by atoms with E-state index in [1.165, 1.54) is 23.4 Å². The van der Waals surface area contributed by atoms with Crippen LogP contribution in [0.3, 0.4) is 0 Å². The van der Waals surface area contributed by atoms with Crippen LogP contribution in [0, 0.1) is 11.8 Å². The van der Waals surface area contributed by atoms with Gasteiger partial charge in [0.05, 0.1) is 17.1 Å². The number of aromatic amines is 1. The second-order valence-electron chi connectivity index (χ2n) is 6.54. The SMILES string of the molecule is O=C(NCC#Cc1cc(Cl)c[nH]c1=O)OCC1c2ccccc2-c2ccccc21. The van der Waals surface area contributed by atoms with E-state index in [9.17, 15) is 9.59 Å². The van der Waals surface area contributed by atoms with Gasteiger partial charge in [-0.1, -0.05) is 72.0 Å². The Morgan fingerprint density at radius 1 is 1.10 bits per heavy atom. The van der Waals surface area contributed by atoms with Crippen LogP contribution in [-0.4, -0.2) is 24.2 Å². The Kier molecular flexibility index (Phi) is 5.37. The highest BCUT2D eigenvalue weighted by molar-refractivity contribution is 6.30. The third-order valence-electron chi connectivity index (χ3n) is 4.76. The molecule has 4 rings (SSSR count). The van der Waals surface area contributed by atoms with Crippen molar-refractivity contribution in [3.8, 4) is 23.0 Å². The summed E-state index contributed by atoms with van der Waals surface area (Å²) in [5.74, 6) is 5.41. The Bertz CT molecular complexity index is 1140. The molecular formula is C23H17ClN2O3. The summed E-state index contributed by atoms with van der Waals surface area (Å²) in [7, 11) is 0. The van der Waals surface area contributed by atoms with E-state index in [1.807, 2.05) is 24.3 Å². The number of hydrogen-bond donors (Lipinski definition) is 2. The van der Waals surface area contributed by atoms with Crippen LogP contribution >= 0.6 is 11.6 Å². The van der Waals surface area contributed by atoms with E-state index in [0.29, 0.717) is 5.02 Å². The molecule has 0 fully saturated rings. The van der Waals surface area contributed by atoms with Gasteiger partial charge in [0.1, 0.15) is 6.61 Å². The van der Waals surface area contributed by atoms with Crippen molar-refractivity contribution in [1.29, 1.82) is 0 Å². The molecule has 2 aromatic carbocycles. The van der Waals surface area contributed by atoms with Crippen LogP contribution in [0.15, 0.2) is 65.6 Å². The van der Waals surface area contributed by atoms with Crippen molar-refractivity contribution < 1.29 is 9.53 Å². The summed E-state index contributed by atoms with van der Waals surface area (Å²) < 4.78 is 5.43. The lowest BCUT2D eigenvalue weighted by Gasteiger charge is -2.14. The van der Waals surface area contributed by atoms with E-state index in [-0.39, 0.29) is 30.2 Å². The second-order valence-corrected chi connectivity index (χ2v) is 6.98. The molecule has 3 aromatic rings. The van der Waals surface area contributed by atoms with Gasteiger partial charge >= 0.3 is 6.09 Å². The van der Waals surface area contributed by atoms with Crippen molar-refractivity contribution in [2.24, 2.45) is 0 Å². The Labute approximate surface area is 172 Å².